The first-order chi connectivity index (χ1) is 19.3. The van der Waals surface area contributed by atoms with Crippen LogP contribution in [0.1, 0.15) is 75.7 Å². The molecule has 0 aromatic rings. The number of likely N-dealkylation sites (N-methyl/N-ethyl adjacent to an activating group) is 1. The second-order valence-corrected chi connectivity index (χ2v) is 14.4. The third-order valence-corrected chi connectivity index (χ3v) is 6.58. The van der Waals surface area contributed by atoms with Crippen LogP contribution in [0.2, 0.25) is 0 Å². The molecule has 6 N–H and O–H groups in total. The van der Waals surface area contributed by atoms with Crippen LogP contribution in [-0.4, -0.2) is 128 Å². The van der Waals surface area contributed by atoms with Gasteiger partial charge in [-0.05, 0) is 75.7 Å². The Labute approximate surface area is 253 Å². The first-order valence-corrected chi connectivity index (χ1v) is 14.3. The number of ether oxygens (including phenoxy) is 5. The standard InChI is InChI=1S/C28H51N3O12/c1-25(2,3)41-22(35)29-14-12-15(30-23(36)42-26(4,5)6)19(17(33)16(14)32)40-21-18(34)20(28(10,38)13-39-21)31(11)24(37)43-27(7,8)9/h14-21,32-34,38H,12-13H2,1-11H3,(H,29,35)(H,30,36)/t14-,15+,16+,17-,18+,19-,20-,21+,28-/m0/s1. The van der Waals surface area contributed by atoms with E-state index >= 15 is 0 Å². The lowest BCUT2D eigenvalue weighted by atomic mass is 9.83. The van der Waals surface area contributed by atoms with E-state index in [0.717, 1.165) is 4.90 Å². The normalized spacial score (nSPS) is 33.7. The second kappa shape index (κ2) is 13.3. The van der Waals surface area contributed by atoms with Crippen molar-refractivity contribution in [3.63, 3.8) is 0 Å². The van der Waals surface area contributed by atoms with Gasteiger partial charge >= 0.3 is 18.3 Å². The number of nitrogens with one attached hydrogen (secondary N) is 2. The van der Waals surface area contributed by atoms with Gasteiger partial charge in [-0.3, -0.25) is 0 Å². The van der Waals surface area contributed by atoms with E-state index in [-0.39, 0.29) is 13.0 Å². The van der Waals surface area contributed by atoms with E-state index in [1.807, 2.05) is 0 Å². The number of carbonyl (C=O) groups is 3. The highest BCUT2D eigenvalue weighted by Gasteiger charge is 2.54. The summed E-state index contributed by atoms with van der Waals surface area (Å²) in [4.78, 5) is 39.0. The van der Waals surface area contributed by atoms with Crippen LogP contribution in [0.25, 0.3) is 0 Å². The van der Waals surface area contributed by atoms with Gasteiger partial charge in [0.2, 0.25) is 0 Å². The summed E-state index contributed by atoms with van der Waals surface area (Å²) in [6.07, 6.45) is -10.5. The van der Waals surface area contributed by atoms with Gasteiger partial charge in [0, 0.05) is 7.05 Å². The second-order valence-electron chi connectivity index (χ2n) is 14.4. The number of alkyl carbamates (subject to hydrolysis) is 2. The zero-order valence-corrected chi connectivity index (χ0v) is 27.0. The van der Waals surface area contributed by atoms with Crippen molar-refractivity contribution < 1.29 is 58.5 Å². The summed E-state index contributed by atoms with van der Waals surface area (Å²) < 4.78 is 27.6. The molecule has 1 aliphatic carbocycles. The number of hydrogen-bond acceptors (Lipinski definition) is 12. The molecule has 0 radical (unpaired) electrons. The smallest absolute Gasteiger partial charge is 0.410 e. The minimum absolute atomic E-state index is 0.136. The van der Waals surface area contributed by atoms with Crippen molar-refractivity contribution in [1.29, 1.82) is 0 Å². The Balaban J connectivity index is 2.33. The molecule has 250 valence electrons. The number of amides is 3. The molecular formula is C28H51N3O12. The molecule has 0 unspecified atom stereocenters. The largest absolute Gasteiger partial charge is 0.444 e. The molecule has 2 aliphatic rings. The molecule has 1 aliphatic heterocycles. The van der Waals surface area contributed by atoms with Gasteiger partial charge in [0.15, 0.2) is 6.29 Å². The Bertz CT molecular complexity index is 987. The SMILES string of the molecule is CN(C(=O)OC(C)(C)C)[C@H]1[C@@H](O)[C@@H](O[C@@H]2[C@@H](O)[C@H](O)[C@@H](NC(=O)OC(C)(C)C)C[C@H]2NC(=O)OC(C)(C)C)OC[C@]1(C)O. The maximum atomic E-state index is 12.8. The van der Waals surface area contributed by atoms with Crippen molar-refractivity contribution in [1.82, 2.24) is 15.5 Å². The number of carbonyl (C=O) groups excluding carboxylic acids is 3. The third kappa shape index (κ3) is 10.6. The van der Waals surface area contributed by atoms with Gasteiger partial charge in [-0.2, -0.15) is 0 Å². The van der Waals surface area contributed by atoms with E-state index in [4.69, 9.17) is 23.7 Å². The molecule has 0 bridgehead atoms. The first-order valence-electron chi connectivity index (χ1n) is 14.3. The molecule has 0 spiro atoms. The van der Waals surface area contributed by atoms with Crippen molar-refractivity contribution in [3.8, 4) is 0 Å². The van der Waals surface area contributed by atoms with Crippen LogP contribution >= 0.6 is 0 Å². The molecule has 9 atom stereocenters. The average Bonchev–Trinajstić information content (AvgIpc) is 2.77. The summed E-state index contributed by atoms with van der Waals surface area (Å²) in [5.41, 5.74) is -4.28. The predicted octanol–water partition coefficient (Wildman–Crippen LogP) is 0.987. The minimum Gasteiger partial charge on any atom is -0.444 e. The topological polar surface area (TPSA) is 206 Å². The highest BCUT2D eigenvalue weighted by molar-refractivity contribution is 5.69. The lowest BCUT2D eigenvalue weighted by Crippen LogP contribution is -2.70. The first kappa shape index (κ1) is 36.8. The van der Waals surface area contributed by atoms with Crippen LogP contribution in [0.4, 0.5) is 14.4 Å². The fourth-order valence-electron chi connectivity index (χ4n) is 4.92. The van der Waals surface area contributed by atoms with Gasteiger partial charge < -0.3 is 59.6 Å². The molecule has 2 rings (SSSR count). The molecule has 3 amide bonds. The molecule has 0 aromatic carbocycles. The maximum Gasteiger partial charge on any atom is 0.410 e. The zero-order chi connectivity index (χ0) is 33.3. The predicted molar refractivity (Wildman–Crippen MR) is 152 cm³/mol. The summed E-state index contributed by atoms with van der Waals surface area (Å²) in [7, 11) is 1.35. The van der Waals surface area contributed by atoms with Crippen molar-refractivity contribution in [3.05, 3.63) is 0 Å². The van der Waals surface area contributed by atoms with Gasteiger partial charge in [-0.25, -0.2) is 14.4 Å². The van der Waals surface area contributed by atoms with Crippen LogP contribution in [0.5, 0.6) is 0 Å². The maximum absolute atomic E-state index is 12.8. The van der Waals surface area contributed by atoms with Gasteiger partial charge in [-0.1, -0.05) is 0 Å². The van der Waals surface area contributed by atoms with Crippen molar-refractivity contribution in [2.45, 2.75) is 147 Å². The van der Waals surface area contributed by atoms with Gasteiger partial charge in [0.25, 0.3) is 0 Å². The highest BCUT2D eigenvalue weighted by atomic mass is 16.7. The molecule has 2 fully saturated rings. The van der Waals surface area contributed by atoms with Crippen molar-refractivity contribution in [2.24, 2.45) is 0 Å². The Morgan fingerprint density at radius 2 is 1.26 bits per heavy atom. The molecule has 0 aromatic heterocycles. The number of aliphatic hydroxyl groups is 4. The van der Waals surface area contributed by atoms with Crippen molar-refractivity contribution >= 4 is 18.3 Å². The monoisotopic (exact) mass is 621 g/mol. The fraction of sp³-hybridized carbons (Fsp3) is 0.893. The fourth-order valence-corrected chi connectivity index (χ4v) is 4.92. The Morgan fingerprint density at radius 3 is 1.72 bits per heavy atom. The van der Waals surface area contributed by atoms with Crippen LogP contribution in [0.3, 0.4) is 0 Å². The Kier molecular flexibility index (Phi) is 11.4. The lowest BCUT2D eigenvalue weighted by molar-refractivity contribution is -0.305. The van der Waals surface area contributed by atoms with Gasteiger partial charge in [0.05, 0.1) is 24.7 Å². The molecular weight excluding hydrogens is 570 g/mol. The van der Waals surface area contributed by atoms with E-state index < -0.39 is 89.5 Å². The Hall–Kier alpha value is -2.43. The van der Waals surface area contributed by atoms with Crippen LogP contribution in [-0.2, 0) is 23.7 Å². The average molecular weight is 622 g/mol. The molecule has 1 saturated carbocycles. The lowest BCUT2D eigenvalue weighted by Gasteiger charge is -2.49. The van der Waals surface area contributed by atoms with Crippen LogP contribution in [0, 0.1) is 0 Å². The van der Waals surface area contributed by atoms with E-state index in [0.29, 0.717) is 0 Å². The van der Waals surface area contributed by atoms with E-state index in [1.54, 1.807) is 62.3 Å². The number of nitrogens with zero attached hydrogens (tertiary/aromatic N) is 1. The summed E-state index contributed by atoms with van der Waals surface area (Å²) in [5, 5.41) is 49.5. The van der Waals surface area contributed by atoms with Gasteiger partial charge in [0.1, 0.15) is 46.8 Å². The molecule has 1 saturated heterocycles. The third-order valence-electron chi connectivity index (χ3n) is 6.58. The molecule has 15 heteroatoms. The van der Waals surface area contributed by atoms with Crippen LogP contribution < -0.4 is 10.6 Å². The van der Waals surface area contributed by atoms with E-state index in [1.165, 1.54) is 14.0 Å². The molecule has 15 nitrogen and oxygen atoms in total. The summed E-state index contributed by atoms with van der Waals surface area (Å²) in [6, 6.07) is -3.42. The quantitative estimate of drug-likeness (QED) is 0.238. The van der Waals surface area contributed by atoms with Crippen molar-refractivity contribution in [2.75, 3.05) is 13.7 Å². The van der Waals surface area contributed by atoms with E-state index in [2.05, 4.69) is 10.6 Å². The molecule has 1 heterocycles. The van der Waals surface area contributed by atoms with Gasteiger partial charge in [-0.15, -0.1) is 0 Å². The van der Waals surface area contributed by atoms with E-state index in [9.17, 15) is 34.8 Å². The summed E-state index contributed by atoms with van der Waals surface area (Å²) in [5.74, 6) is 0. The number of aliphatic hydroxyl groups excluding tert-OH is 3. The number of hydrogen-bond donors (Lipinski definition) is 6. The molecule has 43 heavy (non-hydrogen) atoms. The zero-order valence-electron chi connectivity index (χ0n) is 27.0. The number of rotatable bonds is 5. The summed E-state index contributed by atoms with van der Waals surface area (Å²) >= 11 is 0. The van der Waals surface area contributed by atoms with Crippen LogP contribution in [0.15, 0.2) is 0 Å². The minimum atomic E-state index is -1.73. The summed E-state index contributed by atoms with van der Waals surface area (Å²) in [6.45, 7) is 16.0. The highest BCUT2D eigenvalue weighted by Crippen LogP contribution is 2.33. The Morgan fingerprint density at radius 1 is 0.791 bits per heavy atom.